The van der Waals surface area contributed by atoms with E-state index in [0.29, 0.717) is 37.7 Å². The van der Waals surface area contributed by atoms with E-state index in [9.17, 15) is 4.79 Å². The van der Waals surface area contributed by atoms with Gasteiger partial charge in [-0.3, -0.25) is 19.6 Å². The van der Waals surface area contributed by atoms with Gasteiger partial charge in [0.25, 0.3) is 5.91 Å². The Morgan fingerprint density at radius 2 is 1.68 bits per heavy atom. The van der Waals surface area contributed by atoms with E-state index in [-0.39, 0.29) is 18.1 Å². The van der Waals surface area contributed by atoms with Crippen molar-refractivity contribution in [1.82, 2.24) is 24.3 Å². The van der Waals surface area contributed by atoms with Crippen LogP contribution in [-0.4, -0.2) is 68.1 Å². The highest BCUT2D eigenvalue weighted by Crippen LogP contribution is 2.38. The molecule has 1 aliphatic heterocycles. The smallest absolute Gasteiger partial charge is 0.410 e. The third-order valence-corrected chi connectivity index (χ3v) is 11.2. The molecule has 0 spiro atoms. The number of pyridine rings is 1. The fourth-order valence-electron chi connectivity index (χ4n) is 8.27. The molecule has 3 aromatic carbocycles. The van der Waals surface area contributed by atoms with Crippen LogP contribution < -0.4 is 4.90 Å². The van der Waals surface area contributed by atoms with E-state index in [4.69, 9.17) is 21.3 Å². The molecule has 10 heteroatoms. The Hall–Kier alpha value is -4.99. The first-order valence-corrected chi connectivity index (χ1v) is 19.2. The number of ether oxygens (including phenoxy) is 1. The molecule has 5 aromatic rings. The van der Waals surface area contributed by atoms with Crippen molar-refractivity contribution in [2.45, 2.75) is 76.2 Å². The summed E-state index contributed by atoms with van der Waals surface area (Å²) >= 11 is 6.54. The first-order valence-electron chi connectivity index (χ1n) is 18.8. The van der Waals surface area contributed by atoms with Crippen molar-refractivity contribution in [3.8, 4) is 0 Å². The van der Waals surface area contributed by atoms with E-state index >= 15 is 4.79 Å². The molecule has 2 aliphatic carbocycles. The number of hydrogen-bond acceptors (Lipinski definition) is 6. The molecule has 2 fully saturated rings. The lowest BCUT2D eigenvalue weighted by Crippen LogP contribution is -2.62. The fraction of sp³-hybridized carbons (Fsp3) is 0.349. The molecule has 272 valence electrons. The van der Waals surface area contributed by atoms with E-state index in [0.717, 1.165) is 73.0 Å². The lowest BCUT2D eigenvalue weighted by atomic mass is 9.95. The van der Waals surface area contributed by atoms with Crippen molar-refractivity contribution in [2.24, 2.45) is 0 Å². The van der Waals surface area contributed by atoms with Gasteiger partial charge < -0.3 is 14.2 Å². The third kappa shape index (κ3) is 7.87. The Kier molecular flexibility index (Phi) is 10.5. The Morgan fingerprint density at radius 1 is 0.849 bits per heavy atom. The van der Waals surface area contributed by atoms with Crippen LogP contribution in [0.5, 0.6) is 0 Å². The van der Waals surface area contributed by atoms with E-state index in [1.807, 2.05) is 76.5 Å². The summed E-state index contributed by atoms with van der Waals surface area (Å²) in [6.45, 7) is 2.21. The van der Waals surface area contributed by atoms with Gasteiger partial charge >= 0.3 is 6.09 Å². The van der Waals surface area contributed by atoms with Gasteiger partial charge in [-0.05, 0) is 96.7 Å². The second kappa shape index (κ2) is 15.9. The van der Waals surface area contributed by atoms with Gasteiger partial charge in [0.1, 0.15) is 12.1 Å². The molecular weight excluding hydrogens is 684 g/mol. The predicted octanol–water partition coefficient (Wildman–Crippen LogP) is 7.86. The summed E-state index contributed by atoms with van der Waals surface area (Å²) in [5.41, 5.74) is 7.32. The molecule has 3 aliphatic rings. The summed E-state index contributed by atoms with van der Waals surface area (Å²) in [7, 11) is 0. The lowest BCUT2D eigenvalue weighted by Gasteiger charge is -2.45. The number of carbonyl (C=O) groups excluding carboxylic acids is 2. The minimum Gasteiger partial charge on any atom is -0.446 e. The van der Waals surface area contributed by atoms with Crippen molar-refractivity contribution in [3.63, 3.8) is 0 Å². The molecule has 2 amide bonds. The molecule has 1 saturated carbocycles. The first kappa shape index (κ1) is 35.1. The van der Waals surface area contributed by atoms with E-state index < -0.39 is 12.1 Å². The Morgan fingerprint density at radius 3 is 2.51 bits per heavy atom. The first-order chi connectivity index (χ1) is 26.0. The number of piperazine rings is 1. The third-order valence-electron chi connectivity index (χ3n) is 11.0. The van der Waals surface area contributed by atoms with Crippen molar-refractivity contribution >= 4 is 29.3 Å². The molecule has 0 bridgehead atoms. The minimum absolute atomic E-state index is 0.125. The number of fused-ring (bicyclic) bond motifs is 2. The maximum Gasteiger partial charge on any atom is 0.410 e. The molecule has 8 rings (SSSR count). The number of carbonyl (C=O) groups is 2. The van der Waals surface area contributed by atoms with Gasteiger partial charge in [0.05, 0.1) is 24.6 Å². The van der Waals surface area contributed by atoms with Crippen LogP contribution in [0.25, 0.3) is 0 Å². The predicted molar refractivity (Wildman–Crippen MR) is 206 cm³/mol. The summed E-state index contributed by atoms with van der Waals surface area (Å²) in [4.78, 5) is 44.6. The number of rotatable bonds is 8. The minimum atomic E-state index is -0.799. The van der Waals surface area contributed by atoms with Crippen molar-refractivity contribution in [3.05, 3.63) is 148 Å². The number of benzene rings is 3. The number of nitrogens with zero attached hydrogens (tertiary/aromatic N) is 6. The number of aryl methyl sites for hydroxylation is 2. The molecule has 9 nitrogen and oxygen atoms in total. The van der Waals surface area contributed by atoms with Crippen molar-refractivity contribution in [2.75, 3.05) is 24.5 Å². The summed E-state index contributed by atoms with van der Waals surface area (Å²) < 4.78 is 8.19. The zero-order chi connectivity index (χ0) is 36.1. The second-order valence-corrected chi connectivity index (χ2v) is 14.9. The van der Waals surface area contributed by atoms with Crippen molar-refractivity contribution in [1.29, 1.82) is 0 Å². The van der Waals surface area contributed by atoms with Crippen LogP contribution in [0.4, 0.5) is 10.5 Å². The maximum atomic E-state index is 15.4. The van der Waals surface area contributed by atoms with Crippen LogP contribution in [0.3, 0.4) is 0 Å². The zero-order valence-electron chi connectivity index (χ0n) is 29.9. The topological polar surface area (TPSA) is 83.8 Å². The maximum absolute atomic E-state index is 15.4. The molecular formula is C43H45ClN6O3. The van der Waals surface area contributed by atoms with Crippen LogP contribution in [0.2, 0.25) is 5.02 Å². The second-order valence-electron chi connectivity index (χ2n) is 14.5. The molecule has 0 unspecified atom stereocenters. The van der Waals surface area contributed by atoms with Crippen molar-refractivity contribution < 1.29 is 14.3 Å². The fourth-order valence-corrected chi connectivity index (χ4v) is 8.46. The number of amides is 2. The number of imidazole rings is 1. The van der Waals surface area contributed by atoms with Crippen LogP contribution in [-0.2, 0) is 35.5 Å². The van der Waals surface area contributed by atoms with Gasteiger partial charge in [0.2, 0.25) is 0 Å². The number of aromatic nitrogens is 3. The summed E-state index contributed by atoms with van der Waals surface area (Å²) in [6.07, 6.45) is 13.5. The summed E-state index contributed by atoms with van der Waals surface area (Å²) in [6, 6.07) is 27.4. The van der Waals surface area contributed by atoms with Gasteiger partial charge in [-0.2, -0.15) is 0 Å². The molecule has 2 aromatic heterocycles. The molecule has 0 N–H and O–H groups in total. The van der Waals surface area contributed by atoms with Gasteiger partial charge in [-0.25, -0.2) is 9.78 Å². The van der Waals surface area contributed by atoms with E-state index in [1.54, 1.807) is 17.4 Å². The Labute approximate surface area is 316 Å². The monoisotopic (exact) mass is 728 g/mol. The quantitative estimate of drug-likeness (QED) is 0.162. The van der Waals surface area contributed by atoms with Gasteiger partial charge in [0.15, 0.2) is 0 Å². The highest BCUT2D eigenvalue weighted by molar-refractivity contribution is 6.30. The Bertz CT molecular complexity index is 2030. The molecule has 2 atom stereocenters. The number of hydrogen-bond donors (Lipinski definition) is 0. The number of anilines is 1. The largest absolute Gasteiger partial charge is 0.446 e. The van der Waals surface area contributed by atoms with Gasteiger partial charge in [0, 0.05) is 55.5 Å². The SMILES string of the molecule is O=C([C@H]1CN([C@@H]2c3ccc(Cl)cc3CCc3cccnc32)CCN1C(=O)OC1CCCCC1)N(Cc1ccccc1)c1cccc(Cn2ccnc2)c1. The van der Waals surface area contributed by atoms with E-state index in [1.165, 1.54) is 11.1 Å². The highest BCUT2D eigenvalue weighted by atomic mass is 35.5. The average Bonchev–Trinajstić information content (AvgIpc) is 3.65. The average molecular weight is 729 g/mol. The molecule has 0 radical (unpaired) electrons. The molecule has 53 heavy (non-hydrogen) atoms. The van der Waals surface area contributed by atoms with Crippen LogP contribution in [0.15, 0.2) is 110 Å². The van der Waals surface area contributed by atoms with Crippen LogP contribution in [0, 0.1) is 0 Å². The molecule has 1 saturated heterocycles. The highest BCUT2D eigenvalue weighted by Gasteiger charge is 2.43. The normalized spacial score (nSPS) is 19.2. The lowest BCUT2D eigenvalue weighted by molar-refractivity contribution is -0.126. The van der Waals surface area contributed by atoms with Crippen LogP contribution >= 0.6 is 11.6 Å². The Balaban J connectivity index is 1.18. The van der Waals surface area contributed by atoms with Gasteiger partial charge in [-0.1, -0.05) is 72.6 Å². The van der Waals surface area contributed by atoms with E-state index in [2.05, 4.69) is 40.2 Å². The number of halogens is 1. The zero-order valence-corrected chi connectivity index (χ0v) is 30.7. The molecule has 3 heterocycles. The van der Waals surface area contributed by atoms with Gasteiger partial charge in [-0.15, -0.1) is 0 Å². The summed E-state index contributed by atoms with van der Waals surface area (Å²) in [5, 5.41) is 0.705. The summed E-state index contributed by atoms with van der Waals surface area (Å²) in [5.74, 6) is -0.148. The van der Waals surface area contributed by atoms with Crippen LogP contribution in [0.1, 0.15) is 71.7 Å². The standard InChI is InChI=1S/C43H45ClN6O3/c44-35-18-19-38-34(26-35)17-16-33-12-8-20-46-40(33)41(38)48-23-24-49(43(52)53-37-14-5-2-6-15-37)39(29-48)42(51)50(28-31-9-3-1-4-10-31)36-13-7-11-32(25-36)27-47-22-21-45-30-47/h1,3-4,7-13,18-22,25-26,30,37,39,41H,2,5-6,14-17,23-24,27-29H2/t39-,41-/m1/s1.